The Morgan fingerprint density at radius 3 is 2.80 bits per heavy atom. The summed E-state index contributed by atoms with van der Waals surface area (Å²) in [4.78, 5) is 12.4. The van der Waals surface area contributed by atoms with Crippen LogP contribution < -0.4 is 0 Å². The maximum Gasteiger partial charge on any atom is 0.206 e. The van der Waals surface area contributed by atoms with Gasteiger partial charge in [-0.25, -0.2) is 15.0 Å². The van der Waals surface area contributed by atoms with Crippen molar-refractivity contribution in [3.63, 3.8) is 0 Å². The van der Waals surface area contributed by atoms with Gasteiger partial charge in [0.25, 0.3) is 0 Å². The number of furan rings is 1. The lowest BCUT2D eigenvalue weighted by molar-refractivity contribution is 0.512. The third kappa shape index (κ3) is 1.20. The summed E-state index contributed by atoms with van der Waals surface area (Å²) in [6.07, 6.45) is 4.91. The average molecular weight is 200 g/mol. The molecule has 0 fully saturated rings. The molecular weight excluding hydrogens is 192 g/mol. The van der Waals surface area contributed by atoms with Gasteiger partial charge in [0.05, 0.1) is 0 Å². The Bertz CT molecular complexity index is 610. The number of rotatable bonds is 1. The van der Waals surface area contributed by atoms with Crippen molar-refractivity contribution in [1.29, 1.82) is 0 Å². The van der Waals surface area contributed by atoms with Crippen molar-refractivity contribution >= 4 is 11.3 Å². The first kappa shape index (κ1) is 8.16. The van der Waals surface area contributed by atoms with Gasteiger partial charge < -0.3 is 4.42 Å². The number of aryl methyl sites for hydroxylation is 1. The van der Waals surface area contributed by atoms with E-state index in [-0.39, 0.29) is 0 Å². The summed E-state index contributed by atoms with van der Waals surface area (Å²) in [5, 5.41) is 0. The van der Waals surface area contributed by atoms with Crippen LogP contribution in [0.15, 0.2) is 35.3 Å². The van der Waals surface area contributed by atoms with Crippen LogP contribution in [0.5, 0.6) is 0 Å². The third-order valence-electron chi connectivity index (χ3n) is 2.15. The lowest BCUT2D eigenvalue weighted by Gasteiger charge is -1.96. The summed E-state index contributed by atoms with van der Waals surface area (Å²) in [5.74, 6) is 1.56. The molecule has 0 spiro atoms. The second-order valence-corrected chi connectivity index (χ2v) is 3.20. The molecule has 0 N–H and O–H groups in total. The minimum Gasteiger partial charge on any atom is -0.445 e. The highest BCUT2D eigenvalue weighted by molar-refractivity contribution is 5.66. The van der Waals surface area contributed by atoms with Gasteiger partial charge in [-0.3, -0.25) is 4.57 Å². The molecule has 3 aromatic rings. The summed E-state index contributed by atoms with van der Waals surface area (Å²) in [6.45, 7) is 1.90. The molecule has 74 valence electrons. The van der Waals surface area contributed by atoms with Crippen molar-refractivity contribution in [2.45, 2.75) is 6.92 Å². The molecule has 0 aliphatic carbocycles. The fraction of sp³-hybridized carbons (Fsp3) is 0.100. The normalized spacial score (nSPS) is 11.0. The monoisotopic (exact) mass is 200 g/mol. The number of aromatic nitrogens is 4. The molecule has 0 saturated carbocycles. The van der Waals surface area contributed by atoms with Crippen LogP contribution in [-0.2, 0) is 0 Å². The molecule has 3 heterocycles. The minimum atomic E-state index is 0.617. The molecule has 0 aliphatic heterocycles. The quantitative estimate of drug-likeness (QED) is 0.600. The average Bonchev–Trinajstić information content (AvgIpc) is 2.83. The van der Waals surface area contributed by atoms with Crippen molar-refractivity contribution in [2.75, 3.05) is 0 Å². The van der Waals surface area contributed by atoms with Gasteiger partial charge >= 0.3 is 0 Å². The number of hydrogen-bond acceptors (Lipinski definition) is 4. The molecule has 3 rings (SSSR count). The van der Waals surface area contributed by atoms with E-state index in [1.165, 1.54) is 0 Å². The fourth-order valence-electron chi connectivity index (χ4n) is 1.46. The van der Waals surface area contributed by atoms with E-state index < -0.39 is 0 Å². The molecule has 0 unspecified atom stereocenters. The third-order valence-corrected chi connectivity index (χ3v) is 2.15. The molecule has 0 atom stereocenters. The number of hydrogen-bond donors (Lipinski definition) is 0. The van der Waals surface area contributed by atoms with Crippen LogP contribution in [0.25, 0.3) is 17.2 Å². The molecule has 0 aromatic carbocycles. The molecule has 0 aliphatic rings. The summed E-state index contributed by atoms with van der Waals surface area (Å²) in [5.41, 5.74) is 1.32. The zero-order valence-corrected chi connectivity index (χ0v) is 8.08. The predicted octanol–water partition coefficient (Wildman–Crippen LogP) is 1.72. The molecule has 0 amide bonds. The first-order valence-corrected chi connectivity index (χ1v) is 4.55. The SMILES string of the molecule is Cc1ccc(-n2cnc3nccnc32)o1. The second kappa shape index (κ2) is 2.91. The van der Waals surface area contributed by atoms with Crippen molar-refractivity contribution in [3.8, 4) is 5.88 Å². The van der Waals surface area contributed by atoms with Gasteiger partial charge in [-0.05, 0) is 13.0 Å². The van der Waals surface area contributed by atoms with E-state index in [2.05, 4.69) is 15.0 Å². The Morgan fingerprint density at radius 2 is 2.00 bits per heavy atom. The fourth-order valence-corrected chi connectivity index (χ4v) is 1.46. The van der Waals surface area contributed by atoms with E-state index in [4.69, 9.17) is 4.42 Å². The Morgan fingerprint density at radius 1 is 1.13 bits per heavy atom. The van der Waals surface area contributed by atoms with Crippen molar-refractivity contribution in [3.05, 3.63) is 36.6 Å². The minimum absolute atomic E-state index is 0.617. The first-order chi connectivity index (χ1) is 7.34. The zero-order valence-electron chi connectivity index (χ0n) is 8.08. The van der Waals surface area contributed by atoms with E-state index in [1.807, 2.05) is 19.1 Å². The van der Waals surface area contributed by atoms with Crippen molar-refractivity contribution in [2.24, 2.45) is 0 Å². The Labute approximate surface area is 85.4 Å². The highest BCUT2D eigenvalue weighted by Gasteiger charge is 2.08. The lowest BCUT2D eigenvalue weighted by atomic mass is 10.5. The molecule has 0 saturated heterocycles. The van der Waals surface area contributed by atoms with Gasteiger partial charge in [-0.15, -0.1) is 0 Å². The molecule has 5 nitrogen and oxygen atoms in total. The Hall–Kier alpha value is -2.17. The highest BCUT2D eigenvalue weighted by Crippen LogP contribution is 2.16. The standard InChI is InChI=1S/C10H8N4O/c1-7-2-3-8(15-7)14-6-13-9-10(14)12-5-4-11-9/h2-6H,1H3. The lowest BCUT2D eigenvalue weighted by Crippen LogP contribution is -1.91. The topological polar surface area (TPSA) is 56.7 Å². The van der Waals surface area contributed by atoms with Crippen LogP contribution in [0.3, 0.4) is 0 Å². The zero-order chi connectivity index (χ0) is 10.3. The number of nitrogens with zero attached hydrogens (tertiary/aromatic N) is 4. The second-order valence-electron chi connectivity index (χ2n) is 3.20. The van der Waals surface area contributed by atoms with Crippen LogP contribution >= 0.6 is 0 Å². The van der Waals surface area contributed by atoms with Crippen LogP contribution in [0.1, 0.15) is 5.76 Å². The largest absolute Gasteiger partial charge is 0.445 e. The van der Waals surface area contributed by atoms with Gasteiger partial charge in [-0.1, -0.05) is 0 Å². The summed E-state index contributed by atoms with van der Waals surface area (Å²) < 4.78 is 7.26. The predicted molar refractivity (Wildman–Crippen MR) is 53.7 cm³/mol. The number of imidazole rings is 1. The Kier molecular flexibility index (Phi) is 1.58. The van der Waals surface area contributed by atoms with Crippen LogP contribution in [0, 0.1) is 6.92 Å². The van der Waals surface area contributed by atoms with Crippen LogP contribution in [-0.4, -0.2) is 19.5 Å². The molecule has 5 heteroatoms. The summed E-state index contributed by atoms with van der Waals surface area (Å²) in [7, 11) is 0. The molecule has 0 bridgehead atoms. The van der Waals surface area contributed by atoms with Gasteiger partial charge in [0, 0.05) is 18.5 Å². The first-order valence-electron chi connectivity index (χ1n) is 4.55. The maximum atomic E-state index is 5.49. The maximum absolute atomic E-state index is 5.49. The van der Waals surface area contributed by atoms with Gasteiger partial charge in [-0.2, -0.15) is 0 Å². The Balaban J connectivity index is 2.27. The van der Waals surface area contributed by atoms with Crippen LogP contribution in [0.4, 0.5) is 0 Å². The molecule has 0 radical (unpaired) electrons. The van der Waals surface area contributed by atoms with Gasteiger partial charge in [0.1, 0.15) is 12.1 Å². The molecule has 15 heavy (non-hydrogen) atoms. The summed E-state index contributed by atoms with van der Waals surface area (Å²) in [6, 6.07) is 3.78. The van der Waals surface area contributed by atoms with Gasteiger partial charge in [0.2, 0.25) is 5.88 Å². The van der Waals surface area contributed by atoms with E-state index >= 15 is 0 Å². The van der Waals surface area contributed by atoms with Crippen molar-refractivity contribution < 1.29 is 4.42 Å². The van der Waals surface area contributed by atoms with Crippen molar-refractivity contribution in [1.82, 2.24) is 19.5 Å². The smallest absolute Gasteiger partial charge is 0.206 e. The van der Waals surface area contributed by atoms with E-state index in [1.54, 1.807) is 23.3 Å². The molecular formula is C10H8N4O. The van der Waals surface area contributed by atoms with Gasteiger partial charge in [0.15, 0.2) is 11.3 Å². The van der Waals surface area contributed by atoms with E-state index in [0.29, 0.717) is 17.2 Å². The highest BCUT2D eigenvalue weighted by atomic mass is 16.4. The molecule has 3 aromatic heterocycles. The van der Waals surface area contributed by atoms with Crippen LogP contribution in [0.2, 0.25) is 0 Å². The van der Waals surface area contributed by atoms with E-state index in [0.717, 1.165) is 5.76 Å². The number of fused-ring (bicyclic) bond motifs is 1. The van der Waals surface area contributed by atoms with E-state index in [9.17, 15) is 0 Å². The summed E-state index contributed by atoms with van der Waals surface area (Å²) >= 11 is 0.